The monoisotopic (exact) mass is 210 g/mol. The fourth-order valence-electron chi connectivity index (χ4n) is 1.65. The molecule has 4 heteroatoms. The van der Waals surface area contributed by atoms with Crippen molar-refractivity contribution in [3.8, 4) is 0 Å². The summed E-state index contributed by atoms with van der Waals surface area (Å²) in [6, 6.07) is 2.51. The third-order valence-electron chi connectivity index (χ3n) is 2.48. The minimum absolute atomic E-state index is 0.0729. The molecule has 0 radical (unpaired) electrons. The number of hydrogen-bond acceptors (Lipinski definition) is 2. The van der Waals surface area contributed by atoms with Gasteiger partial charge in [-0.1, -0.05) is 12.2 Å². The highest BCUT2D eigenvalue weighted by Gasteiger charge is 2.16. The molecule has 3 N–H and O–H groups in total. The number of rotatable bonds is 2. The first-order valence-corrected chi connectivity index (χ1v) is 4.83. The number of nitrogen functional groups attached to an aromatic ring is 1. The number of anilines is 2. The lowest BCUT2D eigenvalue weighted by atomic mass is 10.2. The second kappa shape index (κ2) is 3.88. The van der Waals surface area contributed by atoms with E-state index in [-0.39, 0.29) is 17.4 Å². The van der Waals surface area contributed by atoms with E-state index in [0.29, 0.717) is 0 Å². The molecule has 80 valence electrons. The first-order chi connectivity index (χ1) is 7.18. The third kappa shape index (κ3) is 1.93. The molecule has 1 aromatic carbocycles. The normalized spacial score (nSPS) is 15.9. The molecule has 0 heterocycles. The van der Waals surface area contributed by atoms with Gasteiger partial charge in [0.15, 0.2) is 11.6 Å². The van der Waals surface area contributed by atoms with Crippen molar-refractivity contribution in [3.05, 3.63) is 35.9 Å². The molecular formula is C11H12F2N2. The van der Waals surface area contributed by atoms with Crippen molar-refractivity contribution in [1.29, 1.82) is 0 Å². The molecule has 0 aliphatic heterocycles. The Morgan fingerprint density at radius 1 is 1.20 bits per heavy atom. The summed E-state index contributed by atoms with van der Waals surface area (Å²) in [5, 5.41) is 2.92. The third-order valence-corrected chi connectivity index (χ3v) is 2.48. The highest BCUT2D eigenvalue weighted by atomic mass is 19.2. The van der Waals surface area contributed by atoms with Crippen molar-refractivity contribution < 1.29 is 8.78 Å². The Morgan fingerprint density at radius 3 is 2.53 bits per heavy atom. The maximum atomic E-state index is 13.4. The van der Waals surface area contributed by atoms with E-state index in [4.69, 9.17) is 5.73 Å². The van der Waals surface area contributed by atoms with Gasteiger partial charge in [-0.15, -0.1) is 0 Å². The maximum Gasteiger partial charge on any atom is 0.183 e. The van der Waals surface area contributed by atoms with Crippen molar-refractivity contribution >= 4 is 11.4 Å². The average molecular weight is 210 g/mol. The summed E-state index contributed by atoms with van der Waals surface area (Å²) in [4.78, 5) is 0. The second-order valence-electron chi connectivity index (χ2n) is 3.61. The van der Waals surface area contributed by atoms with E-state index in [1.54, 1.807) is 0 Å². The van der Waals surface area contributed by atoms with Crippen LogP contribution < -0.4 is 11.1 Å². The molecule has 0 fully saturated rings. The lowest BCUT2D eigenvalue weighted by Crippen LogP contribution is -2.17. The molecule has 1 aliphatic carbocycles. The topological polar surface area (TPSA) is 38.0 Å². The van der Waals surface area contributed by atoms with Crippen molar-refractivity contribution in [2.24, 2.45) is 0 Å². The fourth-order valence-corrected chi connectivity index (χ4v) is 1.65. The highest BCUT2D eigenvalue weighted by molar-refractivity contribution is 5.67. The van der Waals surface area contributed by atoms with Gasteiger partial charge in [0.25, 0.3) is 0 Å². The van der Waals surface area contributed by atoms with E-state index in [1.807, 2.05) is 12.2 Å². The molecule has 2 rings (SSSR count). The van der Waals surface area contributed by atoms with E-state index in [1.165, 1.54) is 6.07 Å². The quantitative estimate of drug-likeness (QED) is 0.581. The number of hydrogen-bond donors (Lipinski definition) is 2. The molecule has 0 saturated carbocycles. The Bertz CT molecular complexity index is 394. The van der Waals surface area contributed by atoms with Gasteiger partial charge in [-0.05, 0) is 25.0 Å². The van der Waals surface area contributed by atoms with E-state index >= 15 is 0 Å². The first-order valence-electron chi connectivity index (χ1n) is 4.83. The van der Waals surface area contributed by atoms with E-state index in [2.05, 4.69) is 5.32 Å². The van der Waals surface area contributed by atoms with Crippen LogP contribution in [-0.2, 0) is 0 Å². The smallest absolute Gasteiger partial charge is 0.183 e. The summed E-state index contributed by atoms with van der Waals surface area (Å²) >= 11 is 0. The summed E-state index contributed by atoms with van der Waals surface area (Å²) in [6.07, 6.45) is 5.64. The summed E-state index contributed by atoms with van der Waals surface area (Å²) in [7, 11) is 0. The van der Waals surface area contributed by atoms with Crippen LogP contribution in [0.4, 0.5) is 20.2 Å². The van der Waals surface area contributed by atoms with Crippen molar-refractivity contribution in [2.75, 3.05) is 11.1 Å². The summed E-state index contributed by atoms with van der Waals surface area (Å²) in [5.74, 6) is -1.78. The Labute approximate surface area is 86.8 Å². The Kier molecular flexibility index (Phi) is 2.58. The molecule has 0 unspecified atom stereocenters. The highest BCUT2D eigenvalue weighted by Crippen LogP contribution is 2.27. The summed E-state index contributed by atoms with van der Waals surface area (Å²) in [5.41, 5.74) is 5.89. The molecule has 0 aromatic heterocycles. The molecule has 0 saturated heterocycles. The van der Waals surface area contributed by atoms with Crippen LogP contribution in [0.15, 0.2) is 24.3 Å². The van der Waals surface area contributed by atoms with Gasteiger partial charge < -0.3 is 11.1 Å². The first kappa shape index (κ1) is 9.96. The molecule has 0 amide bonds. The number of nitrogens with one attached hydrogen (secondary N) is 1. The minimum atomic E-state index is -0.901. The van der Waals surface area contributed by atoms with Crippen LogP contribution in [-0.4, -0.2) is 6.04 Å². The molecule has 1 aliphatic rings. The number of nitrogens with two attached hydrogens (primary N) is 1. The van der Waals surface area contributed by atoms with Crippen LogP contribution in [0.1, 0.15) is 12.8 Å². The lowest BCUT2D eigenvalue weighted by molar-refractivity contribution is 0.510. The number of benzene rings is 1. The molecule has 0 atom stereocenters. The van der Waals surface area contributed by atoms with Gasteiger partial charge in [0.1, 0.15) is 0 Å². The lowest BCUT2D eigenvalue weighted by Gasteiger charge is -2.16. The van der Waals surface area contributed by atoms with Crippen LogP contribution >= 0.6 is 0 Å². The fraction of sp³-hybridized carbons (Fsp3) is 0.273. The van der Waals surface area contributed by atoms with Gasteiger partial charge in [-0.25, -0.2) is 8.78 Å². The Morgan fingerprint density at radius 2 is 1.87 bits per heavy atom. The molecule has 2 nitrogen and oxygen atoms in total. The molecule has 0 spiro atoms. The molecule has 15 heavy (non-hydrogen) atoms. The zero-order chi connectivity index (χ0) is 10.8. The van der Waals surface area contributed by atoms with Crippen LogP contribution in [0.3, 0.4) is 0 Å². The van der Waals surface area contributed by atoms with Gasteiger partial charge in [-0.2, -0.15) is 0 Å². The van der Waals surface area contributed by atoms with Crippen molar-refractivity contribution in [2.45, 2.75) is 18.9 Å². The Hall–Kier alpha value is -1.58. The van der Waals surface area contributed by atoms with Gasteiger partial charge in [0.2, 0.25) is 0 Å². The van der Waals surface area contributed by atoms with Crippen molar-refractivity contribution in [3.63, 3.8) is 0 Å². The molecule has 1 aromatic rings. The standard InChI is InChI=1S/C11H12F2N2/c12-8-5-6-9(14)11(10(8)13)15-7-3-1-2-4-7/h1-2,5-7,15H,3-4,14H2. The average Bonchev–Trinajstić information content (AvgIpc) is 2.71. The van der Waals surface area contributed by atoms with Gasteiger partial charge in [0, 0.05) is 6.04 Å². The van der Waals surface area contributed by atoms with Crippen LogP contribution in [0, 0.1) is 11.6 Å². The minimum Gasteiger partial charge on any atom is -0.397 e. The predicted octanol–water partition coefficient (Wildman–Crippen LogP) is 2.68. The zero-order valence-electron chi connectivity index (χ0n) is 8.13. The summed E-state index contributed by atoms with van der Waals surface area (Å²) in [6.45, 7) is 0. The van der Waals surface area contributed by atoms with E-state index < -0.39 is 11.6 Å². The van der Waals surface area contributed by atoms with Crippen molar-refractivity contribution in [1.82, 2.24) is 0 Å². The Balaban J connectivity index is 2.23. The molecular weight excluding hydrogens is 198 g/mol. The van der Waals surface area contributed by atoms with Crippen LogP contribution in [0.5, 0.6) is 0 Å². The number of halogens is 2. The summed E-state index contributed by atoms with van der Waals surface area (Å²) < 4.78 is 26.3. The van der Waals surface area contributed by atoms with E-state index in [9.17, 15) is 8.78 Å². The van der Waals surface area contributed by atoms with Gasteiger partial charge in [-0.3, -0.25) is 0 Å². The zero-order valence-corrected chi connectivity index (χ0v) is 8.13. The van der Waals surface area contributed by atoms with E-state index in [0.717, 1.165) is 18.9 Å². The SMILES string of the molecule is Nc1ccc(F)c(F)c1NC1CC=CC1. The largest absolute Gasteiger partial charge is 0.397 e. The van der Waals surface area contributed by atoms with Gasteiger partial charge >= 0.3 is 0 Å². The van der Waals surface area contributed by atoms with Crippen LogP contribution in [0.25, 0.3) is 0 Å². The molecule has 0 bridgehead atoms. The predicted molar refractivity (Wildman–Crippen MR) is 56.6 cm³/mol. The second-order valence-corrected chi connectivity index (χ2v) is 3.61. The maximum absolute atomic E-state index is 13.4. The van der Waals surface area contributed by atoms with Crippen LogP contribution in [0.2, 0.25) is 0 Å². The van der Waals surface area contributed by atoms with Gasteiger partial charge in [0.05, 0.1) is 11.4 Å².